The Hall–Kier alpha value is -1.99. The van der Waals surface area contributed by atoms with Gasteiger partial charge in [0.2, 0.25) is 0 Å². The zero-order valence-electron chi connectivity index (χ0n) is 11.7. The number of rotatable bonds is 5. The van der Waals surface area contributed by atoms with E-state index in [-0.39, 0.29) is 24.0 Å². The lowest BCUT2D eigenvalue weighted by atomic mass is 10.2. The van der Waals surface area contributed by atoms with Gasteiger partial charge in [-0.1, -0.05) is 0 Å². The zero-order valence-corrected chi connectivity index (χ0v) is 12.5. The first-order chi connectivity index (χ1) is 9.99. The van der Waals surface area contributed by atoms with E-state index in [1.807, 2.05) is 13.8 Å². The number of ether oxygens (including phenoxy) is 1. The number of benzene rings is 1. The molecule has 0 radical (unpaired) electrons. The average Bonchev–Trinajstić information content (AvgIpc) is 2.90. The molecule has 0 atom stereocenters. The minimum absolute atomic E-state index is 0.0467. The van der Waals surface area contributed by atoms with Crippen molar-refractivity contribution in [2.24, 2.45) is 5.73 Å². The van der Waals surface area contributed by atoms with Crippen LogP contribution in [0.4, 0.5) is 10.1 Å². The Morgan fingerprint density at radius 1 is 1.52 bits per heavy atom. The van der Waals surface area contributed by atoms with Crippen LogP contribution in [0.15, 0.2) is 23.6 Å². The first kappa shape index (κ1) is 15.4. The fraction of sp³-hybridized carbons (Fsp3) is 0.286. The zero-order chi connectivity index (χ0) is 15.4. The highest BCUT2D eigenvalue weighted by Crippen LogP contribution is 2.22. The molecular formula is C14H16FN3O2S. The summed E-state index contributed by atoms with van der Waals surface area (Å²) in [6, 6.07) is 4.30. The van der Waals surface area contributed by atoms with E-state index in [0.717, 1.165) is 0 Å². The van der Waals surface area contributed by atoms with Gasteiger partial charge in [0.05, 0.1) is 11.8 Å². The van der Waals surface area contributed by atoms with Crippen LogP contribution in [0.2, 0.25) is 0 Å². The fourth-order valence-electron chi connectivity index (χ4n) is 1.64. The second-order valence-corrected chi connectivity index (χ2v) is 5.54. The van der Waals surface area contributed by atoms with E-state index >= 15 is 0 Å². The second kappa shape index (κ2) is 6.64. The van der Waals surface area contributed by atoms with E-state index in [1.165, 1.54) is 23.5 Å². The van der Waals surface area contributed by atoms with Crippen LogP contribution in [-0.4, -0.2) is 17.0 Å². The van der Waals surface area contributed by atoms with Gasteiger partial charge in [-0.3, -0.25) is 4.79 Å². The monoisotopic (exact) mass is 309 g/mol. The Morgan fingerprint density at radius 2 is 2.29 bits per heavy atom. The summed E-state index contributed by atoms with van der Waals surface area (Å²) in [5.41, 5.74) is 5.74. The van der Waals surface area contributed by atoms with Gasteiger partial charge in [0.25, 0.3) is 5.91 Å². The van der Waals surface area contributed by atoms with Crippen molar-refractivity contribution in [1.82, 2.24) is 4.98 Å². The molecule has 7 heteroatoms. The minimum atomic E-state index is -0.559. The molecule has 0 aliphatic rings. The molecule has 0 spiro atoms. The van der Waals surface area contributed by atoms with Crippen molar-refractivity contribution >= 4 is 22.9 Å². The van der Waals surface area contributed by atoms with Crippen molar-refractivity contribution in [3.63, 3.8) is 0 Å². The van der Waals surface area contributed by atoms with Crippen LogP contribution >= 0.6 is 11.3 Å². The number of amides is 1. The number of carbonyl (C=O) groups is 1. The molecule has 3 N–H and O–H groups in total. The van der Waals surface area contributed by atoms with Crippen LogP contribution in [0.3, 0.4) is 0 Å². The van der Waals surface area contributed by atoms with Crippen LogP contribution in [0.25, 0.3) is 0 Å². The Bertz CT molecular complexity index is 643. The molecule has 2 aromatic rings. The number of carbonyl (C=O) groups excluding carboxylic acids is 1. The summed E-state index contributed by atoms with van der Waals surface area (Å²) in [7, 11) is 0. The van der Waals surface area contributed by atoms with E-state index in [1.54, 1.807) is 11.4 Å². The predicted molar refractivity (Wildman–Crippen MR) is 80.1 cm³/mol. The van der Waals surface area contributed by atoms with Crippen molar-refractivity contribution in [2.45, 2.75) is 26.5 Å². The number of nitrogens with zero attached hydrogens (tertiary/aromatic N) is 1. The van der Waals surface area contributed by atoms with Crippen LogP contribution in [0, 0.1) is 5.82 Å². The lowest BCUT2D eigenvalue weighted by molar-refractivity contribution is 0.102. The van der Waals surface area contributed by atoms with E-state index in [4.69, 9.17) is 10.5 Å². The van der Waals surface area contributed by atoms with E-state index in [2.05, 4.69) is 10.3 Å². The molecule has 0 aliphatic carbocycles. The molecule has 1 aromatic carbocycles. The Labute approximate surface area is 126 Å². The highest BCUT2D eigenvalue weighted by molar-refractivity contribution is 7.09. The third-order valence-corrected chi connectivity index (χ3v) is 3.39. The molecule has 5 nitrogen and oxygen atoms in total. The topological polar surface area (TPSA) is 77.2 Å². The fourth-order valence-corrected chi connectivity index (χ4v) is 2.29. The summed E-state index contributed by atoms with van der Waals surface area (Å²) >= 11 is 1.29. The molecule has 0 unspecified atom stereocenters. The molecule has 0 saturated heterocycles. The van der Waals surface area contributed by atoms with Crippen molar-refractivity contribution in [3.8, 4) is 5.75 Å². The van der Waals surface area contributed by atoms with Gasteiger partial charge in [-0.25, -0.2) is 9.37 Å². The maximum Gasteiger partial charge on any atom is 0.275 e. The first-order valence-corrected chi connectivity index (χ1v) is 7.29. The molecular weight excluding hydrogens is 293 g/mol. The van der Waals surface area contributed by atoms with Gasteiger partial charge in [-0.05, 0) is 26.0 Å². The van der Waals surface area contributed by atoms with Gasteiger partial charge >= 0.3 is 0 Å². The standard InChI is InChI=1S/C14H16FN3O2S/c1-8(2)20-9-3-4-11(10(15)5-9)18-14(19)12-7-21-13(6-16)17-12/h3-5,7-8H,6,16H2,1-2H3,(H,18,19). The summed E-state index contributed by atoms with van der Waals surface area (Å²) < 4.78 is 19.3. The molecule has 1 heterocycles. The average molecular weight is 309 g/mol. The van der Waals surface area contributed by atoms with Gasteiger partial charge in [-0.15, -0.1) is 11.3 Å². The van der Waals surface area contributed by atoms with Gasteiger partial charge in [-0.2, -0.15) is 0 Å². The number of anilines is 1. The number of hydrogen-bond donors (Lipinski definition) is 2. The molecule has 0 aliphatic heterocycles. The number of hydrogen-bond acceptors (Lipinski definition) is 5. The molecule has 0 fully saturated rings. The highest BCUT2D eigenvalue weighted by Gasteiger charge is 2.13. The van der Waals surface area contributed by atoms with E-state index in [9.17, 15) is 9.18 Å². The summed E-state index contributed by atoms with van der Waals surface area (Å²) in [4.78, 5) is 16.0. The predicted octanol–water partition coefficient (Wildman–Crippen LogP) is 2.78. The summed E-state index contributed by atoms with van der Waals surface area (Å²) in [6.07, 6.45) is -0.0467. The van der Waals surface area contributed by atoms with Crippen LogP contribution in [0.1, 0.15) is 29.3 Å². The number of thiazole rings is 1. The maximum atomic E-state index is 13.9. The lowest BCUT2D eigenvalue weighted by Gasteiger charge is -2.11. The summed E-state index contributed by atoms with van der Waals surface area (Å²) in [5, 5.41) is 4.72. The SMILES string of the molecule is CC(C)Oc1ccc(NC(=O)c2csc(CN)n2)c(F)c1. The molecule has 21 heavy (non-hydrogen) atoms. The minimum Gasteiger partial charge on any atom is -0.491 e. The number of nitrogens with one attached hydrogen (secondary N) is 1. The quantitative estimate of drug-likeness (QED) is 0.890. The lowest BCUT2D eigenvalue weighted by Crippen LogP contribution is -2.14. The molecule has 1 amide bonds. The van der Waals surface area contributed by atoms with Crippen molar-refractivity contribution in [2.75, 3.05) is 5.32 Å². The molecule has 0 saturated carbocycles. The number of halogens is 1. The largest absolute Gasteiger partial charge is 0.491 e. The van der Waals surface area contributed by atoms with Gasteiger partial charge in [0, 0.05) is 18.0 Å². The second-order valence-electron chi connectivity index (χ2n) is 4.59. The Kier molecular flexibility index (Phi) is 4.87. The molecule has 0 bridgehead atoms. The highest BCUT2D eigenvalue weighted by atomic mass is 32.1. The van der Waals surface area contributed by atoms with Crippen LogP contribution in [-0.2, 0) is 6.54 Å². The van der Waals surface area contributed by atoms with Crippen molar-refractivity contribution in [3.05, 3.63) is 40.1 Å². The third kappa shape index (κ3) is 3.99. The van der Waals surface area contributed by atoms with Gasteiger partial charge in [0.15, 0.2) is 0 Å². The van der Waals surface area contributed by atoms with Crippen molar-refractivity contribution in [1.29, 1.82) is 0 Å². The first-order valence-electron chi connectivity index (χ1n) is 6.41. The summed E-state index contributed by atoms with van der Waals surface area (Å²) in [6.45, 7) is 3.98. The maximum absolute atomic E-state index is 13.9. The number of nitrogens with two attached hydrogens (primary N) is 1. The molecule has 1 aromatic heterocycles. The van der Waals surface area contributed by atoms with Gasteiger partial charge in [0.1, 0.15) is 22.3 Å². The van der Waals surface area contributed by atoms with Crippen molar-refractivity contribution < 1.29 is 13.9 Å². The van der Waals surface area contributed by atoms with Gasteiger partial charge < -0.3 is 15.8 Å². The third-order valence-electron chi connectivity index (χ3n) is 2.52. The smallest absolute Gasteiger partial charge is 0.275 e. The molecule has 112 valence electrons. The Morgan fingerprint density at radius 3 is 2.86 bits per heavy atom. The Balaban J connectivity index is 2.10. The van der Waals surface area contributed by atoms with E-state index < -0.39 is 11.7 Å². The summed E-state index contributed by atoms with van der Waals surface area (Å²) in [5.74, 6) is -0.613. The van der Waals surface area contributed by atoms with Crippen LogP contribution < -0.4 is 15.8 Å². The normalized spacial score (nSPS) is 10.7. The number of aromatic nitrogens is 1. The molecule has 2 rings (SSSR count). The van der Waals surface area contributed by atoms with Crippen LogP contribution in [0.5, 0.6) is 5.75 Å². The van der Waals surface area contributed by atoms with E-state index in [0.29, 0.717) is 10.8 Å².